The van der Waals surface area contributed by atoms with Crippen molar-refractivity contribution >= 4 is 12.0 Å². The van der Waals surface area contributed by atoms with E-state index < -0.39 is 12.0 Å². The molecule has 0 aliphatic rings. The van der Waals surface area contributed by atoms with Crippen molar-refractivity contribution in [2.24, 2.45) is 11.6 Å². The average molecular weight is 245 g/mol. The molecule has 0 aromatic heterocycles. The molecule has 0 unspecified atom stereocenters. The quantitative estimate of drug-likeness (QED) is 0.289. The summed E-state index contributed by atoms with van der Waals surface area (Å²) in [5.74, 6) is 4.93. The fourth-order valence-corrected chi connectivity index (χ4v) is 1.19. The molecule has 0 rings (SSSR count). The highest BCUT2D eigenvalue weighted by Gasteiger charge is 2.18. The number of nitrogens with zero attached hydrogens (tertiary/aromatic N) is 1. The van der Waals surface area contributed by atoms with E-state index in [2.05, 4.69) is 0 Å². The van der Waals surface area contributed by atoms with Gasteiger partial charge < -0.3 is 10.5 Å². The summed E-state index contributed by atoms with van der Waals surface area (Å²) in [6, 6.07) is 0. The zero-order chi connectivity index (χ0) is 13.1. The second-order valence-electron chi connectivity index (χ2n) is 3.83. The minimum atomic E-state index is -0.776. The van der Waals surface area contributed by atoms with Crippen LogP contribution >= 0.6 is 0 Å². The maximum atomic E-state index is 11.4. The van der Waals surface area contributed by atoms with Crippen molar-refractivity contribution in [2.45, 2.75) is 45.4 Å². The molecule has 6 heteroatoms. The summed E-state index contributed by atoms with van der Waals surface area (Å²) >= 11 is 0. The third-order valence-corrected chi connectivity index (χ3v) is 2.28. The monoisotopic (exact) mass is 245 g/mol. The largest absolute Gasteiger partial charge is 0.448 e. The Kier molecular flexibility index (Phi) is 9.37. The summed E-state index contributed by atoms with van der Waals surface area (Å²) in [6.45, 7) is 2.89. The molecule has 2 amide bonds. The molecule has 0 aliphatic heterocycles. The Labute approximate surface area is 102 Å². The lowest BCUT2D eigenvalue weighted by atomic mass is 10.2. The van der Waals surface area contributed by atoms with Crippen LogP contribution in [0.5, 0.6) is 0 Å². The summed E-state index contributed by atoms with van der Waals surface area (Å²) in [5, 5.41) is 0.554. The van der Waals surface area contributed by atoms with Gasteiger partial charge in [0.25, 0.3) is 0 Å². The standard InChI is InChI=1S/C11H23N3O3/c1-2-3-9-17-11(16)14(13)10(15)7-5-4-6-8-12/h2-9,12-13H2,1H3. The highest BCUT2D eigenvalue weighted by Crippen LogP contribution is 2.02. The van der Waals surface area contributed by atoms with Crippen LogP contribution in [0.15, 0.2) is 0 Å². The summed E-state index contributed by atoms with van der Waals surface area (Å²) in [6.07, 6.45) is 3.59. The predicted octanol–water partition coefficient (Wildman–Crippen LogP) is 1.14. The Balaban J connectivity index is 3.74. The Hall–Kier alpha value is -1.14. The van der Waals surface area contributed by atoms with Crippen molar-refractivity contribution in [3.8, 4) is 0 Å². The van der Waals surface area contributed by atoms with Gasteiger partial charge in [0.15, 0.2) is 0 Å². The van der Waals surface area contributed by atoms with Crippen LogP contribution in [0.4, 0.5) is 4.79 Å². The second-order valence-corrected chi connectivity index (χ2v) is 3.83. The van der Waals surface area contributed by atoms with Gasteiger partial charge >= 0.3 is 6.09 Å². The first-order chi connectivity index (χ1) is 8.13. The van der Waals surface area contributed by atoms with Crippen LogP contribution in [0.3, 0.4) is 0 Å². The van der Waals surface area contributed by atoms with Crippen LogP contribution in [0.25, 0.3) is 0 Å². The van der Waals surface area contributed by atoms with E-state index in [-0.39, 0.29) is 6.42 Å². The van der Waals surface area contributed by atoms with Crippen molar-refractivity contribution in [2.75, 3.05) is 13.2 Å². The van der Waals surface area contributed by atoms with Crippen molar-refractivity contribution < 1.29 is 14.3 Å². The van der Waals surface area contributed by atoms with E-state index in [0.29, 0.717) is 24.6 Å². The summed E-state index contributed by atoms with van der Waals surface area (Å²) < 4.78 is 4.81. The van der Waals surface area contributed by atoms with Gasteiger partial charge in [0, 0.05) is 6.42 Å². The molecule has 0 bridgehead atoms. The normalized spacial score (nSPS) is 10.1. The molecule has 100 valence electrons. The van der Waals surface area contributed by atoms with Crippen LogP contribution in [-0.2, 0) is 9.53 Å². The lowest BCUT2D eigenvalue weighted by Crippen LogP contribution is -2.42. The van der Waals surface area contributed by atoms with Crippen LogP contribution < -0.4 is 11.6 Å². The molecule has 0 spiro atoms. The lowest BCUT2D eigenvalue weighted by Gasteiger charge is -2.14. The number of imide groups is 1. The van der Waals surface area contributed by atoms with Crippen molar-refractivity contribution in [1.82, 2.24) is 5.01 Å². The number of rotatable bonds is 8. The van der Waals surface area contributed by atoms with Crippen LogP contribution in [-0.4, -0.2) is 30.2 Å². The first kappa shape index (κ1) is 15.9. The smallest absolute Gasteiger partial charge is 0.431 e. The summed E-state index contributed by atoms with van der Waals surface area (Å²) in [4.78, 5) is 22.7. The summed E-state index contributed by atoms with van der Waals surface area (Å²) in [7, 11) is 0. The molecule has 0 aliphatic carbocycles. The van der Waals surface area contributed by atoms with E-state index in [1.54, 1.807) is 0 Å². The van der Waals surface area contributed by atoms with Gasteiger partial charge in [-0.15, -0.1) is 0 Å². The Morgan fingerprint density at radius 1 is 1.18 bits per heavy atom. The maximum Gasteiger partial charge on any atom is 0.431 e. The van der Waals surface area contributed by atoms with Gasteiger partial charge in [0.05, 0.1) is 6.61 Å². The van der Waals surface area contributed by atoms with E-state index in [4.69, 9.17) is 16.3 Å². The van der Waals surface area contributed by atoms with Gasteiger partial charge in [-0.1, -0.05) is 19.8 Å². The Morgan fingerprint density at radius 2 is 1.88 bits per heavy atom. The average Bonchev–Trinajstić information content (AvgIpc) is 2.33. The zero-order valence-corrected chi connectivity index (χ0v) is 10.5. The number of hydrazine groups is 1. The van der Waals surface area contributed by atoms with Gasteiger partial charge in [0.2, 0.25) is 5.91 Å². The van der Waals surface area contributed by atoms with Gasteiger partial charge in [-0.05, 0) is 25.8 Å². The van der Waals surface area contributed by atoms with Gasteiger partial charge in [-0.2, -0.15) is 5.01 Å². The van der Waals surface area contributed by atoms with Gasteiger partial charge in [0.1, 0.15) is 0 Å². The first-order valence-corrected chi connectivity index (χ1v) is 6.08. The van der Waals surface area contributed by atoms with E-state index in [0.717, 1.165) is 25.7 Å². The second kappa shape index (κ2) is 10.0. The number of hydrogen-bond donors (Lipinski definition) is 2. The fraction of sp³-hybridized carbons (Fsp3) is 0.818. The lowest BCUT2D eigenvalue weighted by molar-refractivity contribution is -0.129. The van der Waals surface area contributed by atoms with Crippen molar-refractivity contribution in [1.29, 1.82) is 0 Å². The van der Waals surface area contributed by atoms with E-state index in [1.165, 1.54) is 0 Å². The van der Waals surface area contributed by atoms with Gasteiger partial charge in [-0.3, -0.25) is 4.79 Å². The number of hydrogen-bond acceptors (Lipinski definition) is 5. The van der Waals surface area contributed by atoms with E-state index in [1.807, 2.05) is 6.92 Å². The van der Waals surface area contributed by atoms with Crippen molar-refractivity contribution in [3.63, 3.8) is 0 Å². The molecule has 0 aromatic carbocycles. The molecule has 0 saturated carbocycles. The Bertz CT molecular complexity index is 234. The third-order valence-electron chi connectivity index (χ3n) is 2.28. The van der Waals surface area contributed by atoms with Crippen LogP contribution in [0.1, 0.15) is 45.4 Å². The number of ether oxygens (including phenoxy) is 1. The highest BCUT2D eigenvalue weighted by atomic mass is 16.6. The maximum absolute atomic E-state index is 11.4. The molecule has 0 heterocycles. The fourth-order valence-electron chi connectivity index (χ4n) is 1.19. The molecule has 17 heavy (non-hydrogen) atoms. The Morgan fingerprint density at radius 3 is 2.47 bits per heavy atom. The van der Waals surface area contributed by atoms with E-state index in [9.17, 15) is 9.59 Å². The number of nitrogens with two attached hydrogens (primary N) is 2. The number of carbonyl (C=O) groups excluding carboxylic acids is 2. The first-order valence-electron chi connectivity index (χ1n) is 6.08. The SMILES string of the molecule is CCCCOC(=O)N(N)C(=O)CCCCCN. The molecule has 6 nitrogen and oxygen atoms in total. The minimum Gasteiger partial charge on any atom is -0.448 e. The molecule has 0 atom stereocenters. The zero-order valence-electron chi connectivity index (χ0n) is 10.5. The van der Waals surface area contributed by atoms with Gasteiger partial charge in [-0.25, -0.2) is 10.6 Å². The number of unbranched alkanes of at least 4 members (excludes halogenated alkanes) is 3. The van der Waals surface area contributed by atoms with Crippen molar-refractivity contribution in [3.05, 3.63) is 0 Å². The van der Waals surface area contributed by atoms with Crippen LogP contribution in [0.2, 0.25) is 0 Å². The van der Waals surface area contributed by atoms with Crippen LogP contribution in [0, 0.1) is 0 Å². The number of amides is 2. The molecule has 0 aromatic rings. The topological polar surface area (TPSA) is 98.6 Å². The third kappa shape index (κ3) is 7.70. The number of carbonyl (C=O) groups is 2. The molecule has 0 fully saturated rings. The molecule has 4 N–H and O–H groups in total. The van der Waals surface area contributed by atoms with E-state index >= 15 is 0 Å². The highest BCUT2D eigenvalue weighted by molar-refractivity contribution is 5.90. The molecular formula is C11H23N3O3. The summed E-state index contributed by atoms with van der Waals surface area (Å²) in [5.41, 5.74) is 5.33. The molecule has 0 radical (unpaired) electrons. The molecule has 0 saturated heterocycles. The molecular weight excluding hydrogens is 222 g/mol. The minimum absolute atomic E-state index is 0.249. The predicted molar refractivity (Wildman–Crippen MR) is 64.8 cm³/mol.